The molecule has 0 fully saturated rings. The molecule has 4 aromatic rings. The number of rotatable bonds is 11. The van der Waals surface area contributed by atoms with Gasteiger partial charge in [-0.15, -0.1) is 10.2 Å². The molecule has 15 nitrogen and oxygen atoms in total. The molecule has 0 saturated carbocycles. The highest BCUT2D eigenvalue weighted by molar-refractivity contribution is 7.93. The fourth-order valence-electron chi connectivity index (χ4n) is 3.66. The Morgan fingerprint density at radius 3 is 2.18 bits per heavy atom. The summed E-state index contributed by atoms with van der Waals surface area (Å²) in [6, 6.07) is 5.01. The molecule has 0 radical (unpaired) electrons. The third kappa shape index (κ3) is 5.56. The van der Waals surface area contributed by atoms with E-state index in [2.05, 4.69) is 39.8 Å². The minimum absolute atomic E-state index is 0.0714. The van der Waals surface area contributed by atoms with Gasteiger partial charge in [0.05, 0.1) is 21.3 Å². The van der Waals surface area contributed by atoms with E-state index in [1.807, 2.05) is 6.92 Å². The van der Waals surface area contributed by atoms with Crippen molar-refractivity contribution in [2.24, 2.45) is 0 Å². The molecule has 0 aliphatic rings. The number of pyridine rings is 1. The first-order valence-corrected chi connectivity index (χ1v) is 13.0. The van der Waals surface area contributed by atoms with Crippen molar-refractivity contribution in [1.29, 1.82) is 0 Å². The van der Waals surface area contributed by atoms with E-state index in [0.717, 1.165) is 5.56 Å². The van der Waals surface area contributed by atoms with Crippen molar-refractivity contribution in [1.82, 2.24) is 39.7 Å². The second-order valence-corrected chi connectivity index (χ2v) is 10.2. The van der Waals surface area contributed by atoms with Crippen LogP contribution in [-0.2, 0) is 14.8 Å². The Kier molecular flexibility index (Phi) is 8.15. The summed E-state index contributed by atoms with van der Waals surface area (Å²) < 4.78 is 52.7. The Bertz CT molecular complexity index is 1520. The molecule has 1 N–H and O–H groups in total. The molecule has 0 saturated heterocycles. The predicted octanol–water partition coefficient (Wildman–Crippen LogP) is 1.76. The molecule has 2 atom stereocenters. The van der Waals surface area contributed by atoms with Gasteiger partial charge < -0.3 is 18.9 Å². The van der Waals surface area contributed by atoms with Gasteiger partial charge in [-0.25, -0.2) is 27.9 Å². The number of anilines is 1. The van der Waals surface area contributed by atoms with E-state index in [0.29, 0.717) is 11.6 Å². The van der Waals surface area contributed by atoms with Gasteiger partial charge in [0, 0.05) is 25.6 Å². The monoisotopic (exact) mass is 557 g/mol. The van der Waals surface area contributed by atoms with Crippen LogP contribution in [0.15, 0.2) is 36.9 Å². The van der Waals surface area contributed by atoms with Crippen molar-refractivity contribution >= 4 is 16.0 Å². The summed E-state index contributed by atoms with van der Waals surface area (Å²) in [5.74, 6) is 0.596. The van der Waals surface area contributed by atoms with Crippen LogP contribution in [0.1, 0.15) is 24.4 Å². The van der Waals surface area contributed by atoms with E-state index in [1.54, 1.807) is 30.6 Å². The average Bonchev–Trinajstić information content (AvgIpc) is 3.35. The quantitative estimate of drug-likeness (QED) is 0.282. The van der Waals surface area contributed by atoms with Crippen LogP contribution < -0.4 is 18.9 Å². The lowest BCUT2D eigenvalue weighted by Crippen LogP contribution is -2.33. The fraction of sp³-hybridized carbons (Fsp3) is 0.348. The number of aryl methyl sites for hydroxylation is 1. The Morgan fingerprint density at radius 1 is 0.923 bits per heavy atom. The lowest BCUT2D eigenvalue weighted by atomic mass is 10.2. The summed E-state index contributed by atoms with van der Waals surface area (Å²) in [5.41, 5.74) is 1.28. The first-order chi connectivity index (χ1) is 18.7. The molecule has 206 valence electrons. The highest BCUT2D eigenvalue weighted by atomic mass is 32.2. The average molecular weight is 558 g/mol. The Morgan fingerprint density at radius 2 is 1.59 bits per heavy atom. The van der Waals surface area contributed by atoms with Gasteiger partial charge in [0.2, 0.25) is 33.6 Å². The molecule has 16 heteroatoms. The van der Waals surface area contributed by atoms with Gasteiger partial charge in [-0.2, -0.15) is 9.97 Å². The Balaban J connectivity index is 1.85. The highest BCUT2D eigenvalue weighted by Gasteiger charge is 2.35. The zero-order valence-electron chi connectivity index (χ0n) is 22.1. The number of hydrogen-bond acceptors (Lipinski definition) is 13. The van der Waals surface area contributed by atoms with Gasteiger partial charge >= 0.3 is 0 Å². The van der Waals surface area contributed by atoms with E-state index < -0.39 is 21.4 Å². The summed E-state index contributed by atoms with van der Waals surface area (Å²) >= 11 is 0. The lowest BCUT2D eigenvalue weighted by molar-refractivity contribution is 0.0949. The molecule has 4 heterocycles. The van der Waals surface area contributed by atoms with Gasteiger partial charge in [-0.3, -0.25) is 4.72 Å². The van der Waals surface area contributed by atoms with Crippen LogP contribution in [0.2, 0.25) is 0 Å². The third-order valence-corrected chi connectivity index (χ3v) is 7.34. The predicted molar refractivity (Wildman–Crippen MR) is 138 cm³/mol. The fourth-order valence-corrected chi connectivity index (χ4v) is 4.79. The third-order valence-electron chi connectivity index (χ3n) is 5.65. The molecule has 0 unspecified atom stereocenters. The molecular weight excluding hydrogens is 530 g/mol. The second kappa shape index (κ2) is 11.5. The summed E-state index contributed by atoms with van der Waals surface area (Å²) in [4.78, 5) is 21.2. The van der Waals surface area contributed by atoms with E-state index in [4.69, 9.17) is 18.9 Å². The maximum atomic E-state index is 13.6. The van der Waals surface area contributed by atoms with E-state index in [1.165, 1.54) is 46.3 Å². The number of hydrogen-bond donors (Lipinski definition) is 1. The molecule has 0 aliphatic heterocycles. The zero-order chi connectivity index (χ0) is 28.2. The zero-order valence-corrected chi connectivity index (χ0v) is 22.9. The molecule has 0 aromatic carbocycles. The number of ether oxygens (including phenoxy) is 4. The van der Waals surface area contributed by atoms with Gasteiger partial charge in [0.15, 0.2) is 17.3 Å². The minimum atomic E-state index is -4.18. The van der Waals surface area contributed by atoms with Crippen LogP contribution in [0.25, 0.3) is 17.2 Å². The van der Waals surface area contributed by atoms with Crippen LogP contribution in [-0.4, -0.2) is 81.8 Å². The van der Waals surface area contributed by atoms with Crippen LogP contribution in [0.3, 0.4) is 0 Å². The number of methoxy groups -OCH3 is 4. The normalized spacial score (nSPS) is 13.0. The Hall–Kier alpha value is -4.44. The summed E-state index contributed by atoms with van der Waals surface area (Å²) in [7, 11) is 1.47. The van der Waals surface area contributed by atoms with Crippen LogP contribution >= 0.6 is 0 Å². The van der Waals surface area contributed by atoms with Crippen LogP contribution in [0.5, 0.6) is 17.6 Å². The first kappa shape index (κ1) is 27.6. The minimum Gasteiger partial charge on any atom is -0.481 e. The van der Waals surface area contributed by atoms with Crippen molar-refractivity contribution in [2.75, 3.05) is 33.2 Å². The summed E-state index contributed by atoms with van der Waals surface area (Å²) in [6.45, 7) is 3.29. The molecule has 4 aromatic heterocycles. The number of nitrogens with one attached hydrogen (secondary N) is 1. The van der Waals surface area contributed by atoms with Gasteiger partial charge in [-0.05, 0) is 25.5 Å². The topological polar surface area (TPSA) is 178 Å². The maximum absolute atomic E-state index is 13.6. The number of nitrogens with zero attached hydrogens (tertiary/aromatic N) is 8. The van der Waals surface area contributed by atoms with Crippen molar-refractivity contribution in [3.05, 3.63) is 48.3 Å². The largest absolute Gasteiger partial charge is 0.481 e. The summed E-state index contributed by atoms with van der Waals surface area (Å²) in [6.07, 6.45) is 3.42. The van der Waals surface area contributed by atoms with Crippen molar-refractivity contribution in [2.45, 2.75) is 25.2 Å². The van der Waals surface area contributed by atoms with Crippen molar-refractivity contribution < 1.29 is 27.4 Å². The van der Waals surface area contributed by atoms with E-state index >= 15 is 0 Å². The van der Waals surface area contributed by atoms with Crippen LogP contribution in [0, 0.1) is 6.92 Å². The van der Waals surface area contributed by atoms with Gasteiger partial charge in [-0.1, -0.05) is 6.07 Å². The van der Waals surface area contributed by atoms with Crippen molar-refractivity contribution in [3.63, 3.8) is 0 Å². The smallest absolute Gasteiger partial charge is 0.245 e. The number of sulfonamides is 1. The molecular formula is C23H27N9O6S. The lowest BCUT2D eigenvalue weighted by Gasteiger charge is -2.22. The van der Waals surface area contributed by atoms with Gasteiger partial charge in [0.25, 0.3) is 0 Å². The van der Waals surface area contributed by atoms with Gasteiger partial charge in [0.1, 0.15) is 23.4 Å². The molecule has 4 rings (SSSR count). The van der Waals surface area contributed by atoms with E-state index in [-0.39, 0.29) is 35.0 Å². The first-order valence-electron chi connectivity index (χ1n) is 11.5. The summed E-state index contributed by atoms with van der Waals surface area (Å²) in [5, 5.41) is 7.18. The van der Waals surface area contributed by atoms with Crippen LogP contribution in [0.4, 0.5) is 5.95 Å². The molecule has 0 amide bonds. The Labute approximate surface area is 224 Å². The molecule has 0 spiro atoms. The molecule has 0 bridgehead atoms. The maximum Gasteiger partial charge on any atom is 0.245 e. The SMILES string of the molecule is COc1cccc(-c2nnc(NS(=O)(=O)[C@@H](C)[C@H](OC)c3ncc(C)cn3)n2-c2c(OC)ncnc2OC)n1. The van der Waals surface area contributed by atoms with E-state index in [9.17, 15) is 8.42 Å². The molecule has 0 aliphatic carbocycles. The highest BCUT2D eigenvalue weighted by Crippen LogP contribution is 2.35. The number of aromatic nitrogens is 8. The molecule has 39 heavy (non-hydrogen) atoms. The standard InChI is InChI=1S/C23H27N9O6S/c1-13-10-24-19(25-11-13)18(36-4)14(2)39(33,34)31-23-30-29-20(15-8-7-9-16(28-15)35-3)32(23)17-21(37-5)26-12-27-22(17)38-6/h7-12,14,18H,1-6H3,(H,30,31)/t14-,18-/m0/s1. The second-order valence-electron chi connectivity index (χ2n) is 8.12. The van der Waals surface area contributed by atoms with Crippen molar-refractivity contribution in [3.8, 4) is 34.8 Å².